The van der Waals surface area contributed by atoms with Crippen LogP contribution in [0.15, 0.2) is 24.3 Å². The number of Topliss-reactive ketones (excluding diaryl/α,β-unsaturated/α-hetero) is 1. The zero-order chi connectivity index (χ0) is 16.2. The van der Waals surface area contributed by atoms with E-state index in [0.717, 1.165) is 40.6 Å². The molecule has 4 nitrogen and oxygen atoms in total. The van der Waals surface area contributed by atoms with Crippen LogP contribution in [0, 0.1) is 12.3 Å². The van der Waals surface area contributed by atoms with E-state index in [9.17, 15) is 4.79 Å². The van der Waals surface area contributed by atoms with E-state index in [4.69, 9.17) is 9.47 Å². The third kappa shape index (κ3) is 2.24. The highest BCUT2D eigenvalue weighted by atomic mass is 16.6. The molecule has 1 aliphatic heterocycles. The van der Waals surface area contributed by atoms with Gasteiger partial charge in [-0.25, -0.2) is 0 Å². The maximum atomic E-state index is 12.5. The number of rotatable bonds is 1. The Labute approximate surface area is 136 Å². The second-order valence-corrected chi connectivity index (χ2v) is 7.22. The van der Waals surface area contributed by atoms with E-state index in [1.54, 1.807) is 0 Å². The number of hydrogen-bond donors (Lipinski definition) is 0. The summed E-state index contributed by atoms with van der Waals surface area (Å²) in [5.41, 5.74) is 3.95. The van der Waals surface area contributed by atoms with Crippen LogP contribution in [0.1, 0.15) is 42.0 Å². The van der Waals surface area contributed by atoms with Crippen molar-refractivity contribution in [3.8, 4) is 17.2 Å². The van der Waals surface area contributed by atoms with Crippen molar-refractivity contribution >= 4 is 5.78 Å². The molecule has 0 atom stereocenters. The number of aromatic nitrogens is 1. The molecule has 1 aromatic carbocycles. The van der Waals surface area contributed by atoms with Gasteiger partial charge in [-0.05, 0) is 37.0 Å². The first-order valence-electron chi connectivity index (χ1n) is 8.10. The summed E-state index contributed by atoms with van der Waals surface area (Å²) in [7, 11) is 0. The second-order valence-electron chi connectivity index (χ2n) is 7.22. The quantitative estimate of drug-likeness (QED) is 0.806. The first-order chi connectivity index (χ1) is 11.0. The molecular formula is C19H21NO3. The Morgan fingerprint density at radius 1 is 1.13 bits per heavy atom. The van der Waals surface area contributed by atoms with Crippen LogP contribution in [0.3, 0.4) is 0 Å². The predicted molar refractivity (Wildman–Crippen MR) is 87.9 cm³/mol. The van der Waals surface area contributed by atoms with E-state index in [1.807, 2.05) is 31.2 Å². The monoisotopic (exact) mass is 311 g/mol. The van der Waals surface area contributed by atoms with Crippen LogP contribution in [0.25, 0.3) is 5.69 Å². The number of benzene rings is 1. The number of ether oxygens (including phenoxy) is 2. The van der Waals surface area contributed by atoms with Crippen molar-refractivity contribution in [1.29, 1.82) is 0 Å². The average Bonchev–Trinajstić information content (AvgIpc) is 2.82. The normalized spacial score (nSPS) is 18.7. The molecule has 1 aromatic heterocycles. The largest absolute Gasteiger partial charge is 0.486 e. The van der Waals surface area contributed by atoms with E-state index < -0.39 is 0 Å². The van der Waals surface area contributed by atoms with Crippen LogP contribution in [0.2, 0.25) is 0 Å². The fourth-order valence-corrected chi connectivity index (χ4v) is 3.72. The molecule has 0 amide bonds. The molecule has 2 aliphatic rings. The topological polar surface area (TPSA) is 40.5 Å². The number of hydrogen-bond acceptors (Lipinski definition) is 3. The minimum absolute atomic E-state index is 0.0151. The number of carbonyl (C=O) groups is 1. The SMILES string of the molecule is Cc1cc2c(n1-c1cccc3c1OCCO3)CC(C)(C)CC2=O. The number of fused-ring (bicyclic) bond motifs is 2. The van der Waals surface area contributed by atoms with Gasteiger partial charge in [0.05, 0.1) is 5.69 Å². The van der Waals surface area contributed by atoms with Crippen molar-refractivity contribution in [3.63, 3.8) is 0 Å². The van der Waals surface area contributed by atoms with Gasteiger partial charge in [-0.3, -0.25) is 4.79 Å². The molecule has 23 heavy (non-hydrogen) atoms. The Kier molecular flexibility index (Phi) is 3.05. The molecule has 2 heterocycles. The summed E-state index contributed by atoms with van der Waals surface area (Å²) in [6.45, 7) is 7.48. The molecule has 2 aromatic rings. The highest BCUT2D eigenvalue weighted by Gasteiger charge is 2.35. The molecule has 0 N–H and O–H groups in total. The molecule has 4 rings (SSSR count). The van der Waals surface area contributed by atoms with Crippen molar-refractivity contribution in [2.75, 3.05) is 13.2 Å². The van der Waals surface area contributed by atoms with E-state index in [2.05, 4.69) is 18.4 Å². The number of carbonyl (C=O) groups excluding carboxylic acids is 1. The van der Waals surface area contributed by atoms with Gasteiger partial charge in [-0.15, -0.1) is 0 Å². The Hall–Kier alpha value is -2.23. The fourth-order valence-electron chi connectivity index (χ4n) is 3.72. The van der Waals surface area contributed by atoms with Crippen LogP contribution in [0.4, 0.5) is 0 Å². The highest BCUT2D eigenvalue weighted by Crippen LogP contribution is 2.41. The number of aryl methyl sites for hydroxylation is 1. The zero-order valence-corrected chi connectivity index (χ0v) is 13.8. The van der Waals surface area contributed by atoms with Gasteiger partial charge in [-0.1, -0.05) is 19.9 Å². The first-order valence-corrected chi connectivity index (χ1v) is 8.10. The average molecular weight is 311 g/mol. The smallest absolute Gasteiger partial charge is 0.185 e. The number of para-hydroxylation sites is 1. The maximum absolute atomic E-state index is 12.5. The van der Waals surface area contributed by atoms with Crippen LogP contribution in [0.5, 0.6) is 11.5 Å². The Morgan fingerprint density at radius 2 is 1.91 bits per heavy atom. The van der Waals surface area contributed by atoms with Gasteiger partial charge in [0.25, 0.3) is 0 Å². The molecule has 0 saturated carbocycles. The van der Waals surface area contributed by atoms with Crippen LogP contribution < -0.4 is 9.47 Å². The third-order valence-electron chi connectivity index (χ3n) is 4.66. The summed E-state index contributed by atoms with van der Waals surface area (Å²) in [5.74, 6) is 1.79. The van der Waals surface area contributed by atoms with Crippen LogP contribution >= 0.6 is 0 Å². The number of ketones is 1. The van der Waals surface area contributed by atoms with E-state index in [0.29, 0.717) is 19.6 Å². The van der Waals surface area contributed by atoms with E-state index >= 15 is 0 Å². The summed E-state index contributed by atoms with van der Waals surface area (Å²) in [6.07, 6.45) is 1.49. The van der Waals surface area contributed by atoms with Gasteiger partial charge in [0.1, 0.15) is 13.2 Å². The minimum atomic E-state index is -0.0151. The predicted octanol–water partition coefficient (Wildman–Crippen LogP) is 3.71. The highest BCUT2D eigenvalue weighted by molar-refractivity contribution is 5.99. The Morgan fingerprint density at radius 3 is 2.74 bits per heavy atom. The minimum Gasteiger partial charge on any atom is -0.486 e. The molecule has 0 unspecified atom stereocenters. The van der Waals surface area contributed by atoms with Gasteiger partial charge in [-0.2, -0.15) is 0 Å². The summed E-state index contributed by atoms with van der Waals surface area (Å²) in [4.78, 5) is 12.5. The lowest BCUT2D eigenvalue weighted by Crippen LogP contribution is -2.28. The lowest BCUT2D eigenvalue weighted by atomic mass is 9.76. The van der Waals surface area contributed by atoms with Crippen molar-refractivity contribution in [1.82, 2.24) is 4.57 Å². The molecule has 4 heteroatoms. The molecule has 0 spiro atoms. The van der Waals surface area contributed by atoms with Gasteiger partial charge in [0.2, 0.25) is 0 Å². The molecule has 1 aliphatic carbocycles. The standard InChI is InChI=1S/C19H21NO3/c1-12-9-13-15(10-19(2,3)11-16(13)21)20(12)14-5-4-6-17-18(14)23-8-7-22-17/h4-6,9H,7-8,10-11H2,1-3H3. The Balaban J connectivity index is 1.93. The molecule has 0 fully saturated rings. The molecule has 120 valence electrons. The molecule has 0 radical (unpaired) electrons. The van der Waals surface area contributed by atoms with Crippen LogP contribution in [-0.4, -0.2) is 23.6 Å². The Bertz CT molecular complexity index is 801. The summed E-state index contributed by atoms with van der Waals surface area (Å²) in [6, 6.07) is 7.95. The summed E-state index contributed by atoms with van der Waals surface area (Å²) < 4.78 is 13.7. The van der Waals surface area contributed by atoms with E-state index in [-0.39, 0.29) is 11.2 Å². The molecule has 0 bridgehead atoms. The van der Waals surface area contributed by atoms with Crippen molar-refractivity contribution in [2.45, 2.75) is 33.6 Å². The van der Waals surface area contributed by atoms with Crippen molar-refractivity contribution in [3.05, 3.63) is 41.2 Å². The van der Waals surface area contributed by atoms with Crippen LogP contribution in [-0.2, 0) is 6.42 Å². The lowest BCUT2D eigenvalue weighted by molar-refractivity contribution is 0.0911. The van der Waals surface area contributed by atoms with Gasteiger partial charge in [0, 0.05) is 23.4 Å². The second kappa shape index (κ2) is 4.88. The first kappa shape index (κ1) is 14.4. The lowest BCUT2D eigenvalue weighted by Gasteiger charge is -2.30. The zero-order valence-electron chi connectivity index (χ0n) is 13.8. The molecular weight excluding hydrogens is 290 g/mol. The molecule has 0 saturated heterocycles. The van der Waals surface area contributed by atoms with Gasteiger partial charge in [0.15, 0.2) is 17.3 Å². The van der Waals surface area contributed by atoms with Gasteiger partial charge < -0.3 is 14.0 Å². The van der Waals surface area contributed by atoms with Gasteiger partial charge >= 0.3 is 0 Å². The maximum Gasteiger partial charge on any atom is 0.185 e. The van der Waals surface area contributed by atoms with E-state index in [1.165, 1.54) is 0 Å². The van der Waals surface area contributed by atoms with Crippen molar-refractivity contribution in [2.24, 2.45) is 5.41 Å². The fraction of sp³-hybridized carbons (Fsp3) is 0.421. The number of nitrogens with zero attached hydrogens (tertiary/aromatic N) is 1. The van der Waals surface area contributed by atoms with Crippen molar-refractivity contribution < 1.29 is 14.3 Å². The summed E-state index contributed by atoms with van der Waals surface area (Å²) in [5, 5.41) is 0. The third-order valence-corrected chi connectivity index (χ3v) is 4.66. The summed E-state index contributed by atoms with van der Waals surface area (Å²) >= 11 is 0.